The van der Waals surface area contributed by atoms with Crippen molar-refractivity contribution >= 4 is 46.4 Å². The highest BCUT2D eigenvalue weighted by Gasteiger charge is 2.27. The molecule has 0 aliphatic rings. The highest BCUT2D eigenvalue weighted by atomic mass is 35.5. The van der Waals surface area contributed by atoms with Crippen LogP contribution in [0.1, 0.15) is 29.1 Å². The van der Waals surface area contributed by atoms with Crippen LogP contribution in [0.3, 0.4) is 0 Å². The van der Waals surface area contributed by atoms with Crippen molar-refractivity contribution in [3.63, 3.8) is 0 Å². The van der Waals surface area contributed by atoms with Gasteiger partial charge in [0.1, 0.15) is 6.04 Å². The summed E-state index contributed by atoms with van der Waals surface area (Å²) in [5.41, 5.74) is 0.468. The van der Waals surface area contributed by atoms with Gasteiger partial charge in [-0.2, -0.15) is 0 Å². The molecule has 1 N–H and O–H groups in total. The van der Waals surface area contributed by atoms with Gasteiger partial charge in [-0.1, -0.05) is 37.0 Å². The molecule has 0 bridgehead atoms. The largest absolute Gasteiger partial charge is 0.340 e. The van der Waals surface area contributed by atoms with E-state index in [1.165, 1.54) is 11.3 Å². The molecule has 4 nitrogen and oxygen atoms in total. The van der Waals surface area contributed by atoms with Gasteiger partial charge in [0.25, 0.3) is 5.91 Å². The smallest absolute Gasteiger partial charge is 0.251 e. The Kier molecular flexibility index (Phi) is 6.87. The summed E-state index contributed by atoms with van der Waals surface area (Å²) in [6, 6.07) is 9.66. The molecule has 0 spiro atoms. The Balaban J connectivity index is 2.06. The molecule has 25 heavy (non-hydrogen) atoms. The lowest BCUT2D eigenvalue weighted by Gasteiger charge is -2.27. The summed E-state index contributed by atoms with van der Waals surface area (Å²) in [7, 11) is 1.72. The monoisotopic (exact) mass is 398 g/mol. The van der Waals surface area contributed by atoms with Crippen LogP contribution in [0.5, 0.6) is 0 Å². The number of thiophene rings is 1. The van der Waals surface area contributed by atoms with Crippen molar-refractivity contribution in [1.82, 2.24) is 10.2 Å². The quantitative estimate of drug-likeness (QED) is 0.779. The van der Waals surface area contributed by atoms with Crippen molar-refractivity contribution in [2.24, 2.45) is 5.92 Å². The van der Waals surface area contributed by atoms with E-state index in [1.54, 1.807) is 36.2 Å². The Hall–Kier alpha value is -1.56. The lowest BCUT2D eigenvalue weighted by atomic mass is 10.0. The zero-order chi connectivity index (χ0) is 18.6. The van der Waals surface area contributed by atoms with E-state index in [4.69, 9.17) is 23.2 Å². The normalized spacial score (nSPS) is 12.1. The Morgan fingerprint density at radius 3 is 2.28 bits per heavy atom. The van der Waals surface area contributed by atoms with Crippen LogP contribution in [-0.4, -0.2) is 29.8 Å². The molecule has 0 fully saturated rings. The fraction of sp³-hybridized carbons (Fsp3) is 0.333. The van der Waals surface area contributed by atoms with E-state index in [-0.39, 0.29) is 17.7 Å². The second-order valence-corrected chi connectivity index (χ2v) is 8.34. The summed E-state index contributed by atoms with van der Waals surface area (Å²) in [5.74, 6) is -0.476. The molecule has 2 rings (SSSR count). The van der Waals surface area contributed by atoms with Gasteiger partial charge in [0.05, 0.1) is 10.9 Å². The molecular formula is C18H20Cl2N2O2S. The van der Waals surface area contributed by atoms with Crippen LogP contribution < -0.4 is 5.32 Å². The third kappa shape index (κ3) is 5.46. The van der Waals surface area contributed by atoms with Crippen LogP contribution in [0, 0.1) is 5.92 Å². The van der Waals surface area contributed by atoms with Crippen LogP contribution in [0.15, 0.2) is 36.4 Å². The van der Waals surface area contributed by atoms with Crippen molar-refractivity contribution < 1.29 is 9.59 Å². The Labute approximate surface area is 161 Å². The van der Waals surface area contributed by atoms with E-state index in [9.17, 15) is 9.59 Å². The van der Waals surface area contributed by atoms with Gasteiger partial charge in [-0.25, -0.2) is 0 Å². The molecule has 0 saturated carbocycles. The molecule has 0 aliphatic carbocycles. The summed E-state index contributed by atoms with van der Waals surface area (Å²) in [5, 5.41) is 3.39. The third-order valence-corrected chi connectivity index (χ3v) is 5.19. The number of benzene rings is 1. The number of nitrogens with zero attached hydrogens (tertiary/aromatic N) is 1. The minimum Gasteiger partial charge on any atom is -0.340 e. The molecule has 2 amide bonds. The molecular weight excluding hydrogens is 379 g/mol. The fourth-order valence-corrected chi connectivity index (χ4v) is 3.59. The minimum atomic E-state index is -0.608. The Morgan fingerprint density at radius 2 is 1.76 bits per heavy atom. The van der Waals surface area contributed by atoms with Crippen molar-refractivity contribution in [1.29, 1.82) is 0 Å². The predicted molar refractivity (Wildman–Crippen MR) is 103 cm³/mol. The topological polar surface area (TPSA) is 49.4 Å². The number of carbonyl (C=O) groups excluding carboxylic acids is 2. The van der Waals surface area contributed by atoms with E-state index in [1.807, 2.05) is 26.0 Å². The maximum atomic E-state index is 12.8. The summed E-state index contributed by atoms with van der Waals surface area (Å²) in [6.07, 6.45) is 0. The SMILES string of the molecule is CC(C)C(NC(=O)c1ccc(Cl)cc1)C(=O)N(C)Cc1ccc(Cl)s1. The van der Waals surface area contributed by atoms with Crippen molar-refractivity contribution in [3.8, 4) is 0 Å². The van der Waals surface area contributed by atoms with Crippen LogP contribution in [0.4, 0.5) is 0 Å². The molecule has 0 aliphatic heterocycles. The van der Waals surface area contributed by atoms with Crippen molar-refractivity contribution in [3.05, 3.63) is 56.2 Å². The minimum absolute atomic E-state index is 0.0434. The zero-order valence-electron chi connectivity index (χ0n) is 14.3. The fourth-order valence-electron chi connectivity index (χ4n) is 2.33. The van der Waals surface area contributed by atoms with Gasteiger partial charge >= 0.3 is 0 Å². The third-order valence-electron chi connectivity index (χ3n) is 3.72. The molecule has 1 aromatic carbocycles. The summed E-state index contributed by atoms with van der Waals surface area (Å²) in [6.45, 7) is 4.26. The van der Waals surface area contributed by atoms with Gasteiger partial charge in [-0.15, -0.1) is 11.3 Å². The standard InChI is InChI=1S/C18H20Cl2N2O2S/c1-11(2)16(21-17(23)12-4-6-13(19)7-5-12)18(24)22(3)10-14-8-9-15(20)25-14/h4-9,11,16H,10H2,1-3H3,(H,21,23). The van der Waals surface area contributed by atoms with E-state index < -0.39 is 6.04 Å². The Bertz CT molecular complexity index is 744. The van der Waals surface area contributed by atoms with Crippen LogP contribution in [-0.2, 0) is 11.3 Å². The van der Waals surface area contributed by atoms with Gasteiger partial charge in [0.2, 0.25) is 5.91 Å². The molecule has 1 atom stereocenters. The maximum absolute atomic E-state index is 12.8. The van der Waals surface area contributed by atoms with Crippen molar-refractivity contribution in [2.45, 2.75) is 26.4 Å². The highest BCUT2D eigenvalue weighted by Crippen LogP contribution is 2.23. The molecule has 1 aromatic heterocycles. The average molecular weight is 399 g/mol. The number of halogens is 2. The lowest BCUT2D eigenvalue weighted by Crippen LogP contribution is -2.49. The number of nitrogens with one attached hydrogen (secondary N) is 1. The van der Waals surface area contributed by atoms with Gasteiger partial charge < -0.3 is 10.2 Å². The van der Waals surface area contributed by atoms with Gasteiger partial charge in [0, 0.05) is 22.5 Å². The molecule has 2 aromatic rings. The Morgan fingerprint density at radius 1 is 1.12 bits per heavy atom. The second kappa shape index (κ2) is 8.70. The second-order valence-electron chi connectivity index (χ2n) is 6.10. The van der Waals surface area contributed by atoms with Crippen LogP contribution in [0.2, 0.25) is 9.36 Å². The van der Waals surface area contributed by atoms with Gasteiger partial charge in [-0.05, 0) is 42.3 Å². The first-order valence-corrected chi connectivity index (χ1v) is 9.40. The number of likely N-dealkylation sites (N-methyl/N-ethyl adjacent to an activating group) is 1. The zero-order valence-corrected chi connectivity index (χ0v) is 16.6. The van der Waals surface area contributed by atoms with Gasteiger partial charge in [-0.3, -0.25) is 9.59 Å². The highest BCUT2D eigenvalue weighted by molar-refractivity contribution is 7.16. The molecule has 0 radical (unpaired) electrons. The summed E-state index contributed by atoms with van der Waals surface area (Å²) < 4.78 is 0.687. The van der Waals surface area contributed by atoms with E-state index in [2.05, 4.69) is 5.32 Å². The summed E-state index contributed by atoms with van der Waals surface area (Å²) >= 11 is 13.2. The molecule has 7 heteroatoms. The number of hydrogen-bond donors (Lipinski definition) is 1. The molecule has 1 heterocycles. The lowest BCUT2D eigenvalue weighted by molar-refractivity contribution is -0.133. The summed E-state index contributed by atoms with van der Waals surface area (Å²) in [4.78, 5) is 27.8. The molecule has 0 saturated heterocycles. The first kappa shape index (κ1) is 19.8. The first-order valence-electron chi connectivity index (χ1n) is 7.83. The van der Waals surface area contributed by atoms with Crippen LogP contribution >= 0.6 is 34.5 Å². The molecule has 1 unspecified atom stereocenters. The van der Waals surface area contributed by atoms with E-state index >= 15 is 0 Å². The number of carbonyl (C=O) groups is 2. The average Bonchev–Trinajstić information content (AvgIpc) is 2.97. The van der Waals surface area contributed by atoms with Gasteiger partial charge in [0.15, 0.2) is 0 Å². The van der Waals surface area contributed by atoms with Crippen LogP contribution in [0.25, 0.3) is 0 Å². The maximum Gasteiger partial charge on any atom is 0.251 e. The van der Waals surface area contributed by atoms with E-state index in [0.717, 1.165) is 4.88 Å². The van der Waals surface area contributed by atoms with E-state index in [0.29, 0.717) is 21.5 Å². The number of amides is 2. The predicted octanol–water partition coefficient (Wildman–Crippen LogP) is 4.47. The molecule has 134 valence electrons. The number of hydrogen-bond acceptors (Lipinski definition) is 3. The number of rotatable bonds is 6. The van der Waals surface area contributed by atoms with Crippen molar-refractivity contribution in [2.75, 3.05) is 7.05 Å². The first-order chi connectivity index (χ1) is 11.8.